The van der Waals surface area contributed by atoms with Crippen LogP contribution in [0.25, 0.3) is 12.2 Å². The van der Waals surface area contributed by atoms with Gasteiger partial charge in [0.05, 0.1) is 5.69 Å². The Morgan fingerprint density at radius 2 is 2.04 bits per heavy atom. The minimum atomic E-state index is -1.69. The van der Waals surface area contributed by atoms with Crippen LogP contribution < -0.4 is 5.32 Å². The first kappa shape index (κ1) is 21.5. The third-order valence-corrected chi connectivity index (χ3v) is 10.2. The Morgan fingerprint density at radius 3 is 2.70 bits per heavy atom. The van der Waals surface area contributed by atoms with Gasteiger partial charge in [-0.15, -0.1) is 11.3 Å². The first-order valence-electron chi connectivity index (χ1n) is 9.21. The van der Waals surface area contributed by atoms with Gasteiger partial charge in [0, 0.05) is 18.9 Å². The van der Waals surface area contributed by atoms with Gasteiger partial charge in [-0.3, -0.25) is 4.79 Å². The summed E-state index contributed by atoms with van der Waals surface area (Å²) in [4.78, 5) is 15.4. The van der Waals surface area contributed by atoms with E-state index in [1.54, 1.807) is 0 Å². The minimum absolute atomic E-state index is 0.104. The van der Waals surface area contributed by atoms with Crippen molar-refractivity contribution in [3.8, 4) is 0 Å². The van der Waals surface area contributed by atoms with Gasteiger partial charge in [-0.25, -0.2) is 4.98 Å². The highest BCUT2D eigenvalue weighted by atomic mass is 32.1. The molecule has 0 saturated carbocycles. The number of carbonyl (C=O) groups excluding carboxylic acids is 1. The number of nitrogens with one attached hydrogen (secondary N) is 1. The predicted molar refractivity (Wildman–Crippen MR) is 119 cm³/mol. The molecule has 1 amide bonds. The number of rotatable bonds is 7. The van der Waals surface area contributed by atoms with Crippen molar-refractivity contribution in [2.45, 2.75) is 52.2 Å². The third-order valence-electron chi connectivity index (χ3n) is 4.86. The Hall–Kier alpha value is -1.76. The minimum Gasteiger partial charge on any atom is -0.416 e. The third kappa shape index (κ3) is 6.72. The lowest BCUT2D eigenvalue weighted by Gasteiger charge is -2.36. The highest BCUT2D eigenvalue weighted by Gasteiger charge is 2.36. The Balaban J connectivity index is 1.95. The summed E-state index contributed by atoms with van der Waals surface area (Å²) in [6.45, 7) is 13.6. The first-order chi connectivity index (χ1) is 12.6. The number of hydrogen-bond acceptors (Lipinski definition) is 4. The van der Waals surface area contributed by atoms with Gasteiger partial charge >= 0.3 is 0 Å². The van der Waals surface area contributed by atoms with Crippen LogP contribution in [-0.2, 0) is 15.6 Å². The summed E-state index contributed by atoms with van der Waals surface area (Å²) < 4.78 is 6.28. The van der Waals surface area contributed by atoms with Crippen LogP contribution in [0.1, 0.15) is 44.5 Å². The van der Waals surface area contributed by atoms with Crippen LogP contribution in [-0.4, -0.2) is 25.8 Å². The molecule has 0 aliphatic rings. The molecule has 0 bridgehead atoms. The van der Waals surface area contributed by atoms with E-state index in [0.29, 0.717) is 5.13 Å². The van der Waals surface area contributed by atoms with E-state index < -0.39 is 8.32 Å². The smallest absolute Gasteiger partial charge is 0.223 e. The van der Waals surface area contributed by atoms with E-state index >= 15 is 0 Å². The van der Waals surface area contributed by atoms with Gasteiger partial charge in [0.1, 0.15) is 0 Å². The average Bonchev–Trinajstić information content (AvgIpc) is 2.99. The number of thiazole rings is 1. The quantitative estimate of drug-likeness (QED) is 0.592. The molecule has 0 fully saturated rings. The van der Waals surface area contributed by atoms with E-state index in [4.69, 9.17) is 4.43 Å². The maximum absolute atomic E-state index is 11.1. The second-order valence-corrected chi connectivity index (χ2v) is 13.9. The van der Waals surface area contributed by atoms with Gasteiger partial charge in [0.25, 0.3) is 0 Å². The standard InChI is InChI=1S/C21H30N2O2SSi/c1-16(24)22-20-23-19(15-26-20)11-10-17-8-7-9-18(14-17)12-13-25-27(5,6)21(2,3)4/h7-11,14-15H,12-13H2,1-6H3,(H,22,23,24). The Kier molecular flexibility index (Phi) is 7.14. The van der Waals surface area contributed by atoms with Gasteiger partial charge < -0.3 is 9.74 Å². The van der Waals surface area contributed by atoms with Crippen LogP contribution in [0.2, 0.25) is 18.1 Å². The van der Waals surface area contributed by atoms with E-state index in [2.05, 4.69) is 68.4 Å². The van der Waals surface area contributed by atoms with Crippen molar-refractivity contribution in [2.24, 2.45) is 0 Å². The lowest BCUT2D eigenvalue weighted by molar-refractivity contribution is -0.114. The highest BCUT2D eigenvalue weighted by Crippen LogP contribution is 2.36. The molecular weight excluding hydrogens is 372 g/mol. The van der Waals surface area contributed by atoms with Crippen LogP contribution in [0.15, 0.2) is 29.6 Å². The number of amides is 1. The highest BCUT2D eigenvalue weighted by molar-refractivity contribution is 7.14. The first-order valence-corrected chi connectivity index (χ1v) is 13.0. The molecule has 0 atom stereocenters. The number of nitrogens with zero attached hydrogens (tertiary/aromatic N) is 1. The fourth-order valence-electron chi connectivity index (χ4n) is 2.25. The largest absolute Gasteiger partial charge is 0.416 e. The summed E-state index contributed by atoms with van der Waals surface area (Å²) in [6.07, 6.45) is 4.93. The molecule has 0 radical (unpaired) electrons. The van der Waals surface area contributed by atoms with E-state index in [9.17, 15) is 4.79 Å². The van der Waals surface area contributed by atoms with Crippen LogP contribution in [0, 0.1) is 0 Å². The van der Waals surface area contributed by atoms with Crippen molar-refractivity contribution in [3.05, 3.63) is 46.5 Å². The number of hydrogen-bond donors (Lipinski definition) is 1. The van der Waals surface area contributed by atoms with Crippen molar-refractivity contribution in [2.75, 3.05) is 11.9 Å². The topological polar surface area (TPSA) is 51.2 Å². The van der Waals surface area contributed by atoms with Gasteiger partial charge in [-0.05, 0) is 41.8 Å². The van der Waals surface area contributed by atoms with Gasteiger partial charge in [-0.1, -0.05) is 51.1 Å². The fraction of sp³-hybridized carbons (Fsp3) is 0.429. The van der Waals surface area contributed by atoms with E-state index in [1.807, 2.05) is 17.5 Å². The summed E-state index contributed by atoms with van der Waals surface area (Å²) in [5.74, 6) is -0.104. The fourth-order valence-corrected chi connectivity index (χ4v) is 4.01. The molecule has 1 N–H and O–H groups in total. The van der Waals surface area contributed by atoms with Crippen molar-refractivity contribution in [3.63, 3.8) is 0 Å². The summed E-state index contributed by atoms with van der Waals surface area (Å²) >= 11 is 1.42. The van der Waals surface area contributed by atoms with Crippen LogP contribution in [0.5, 0.6) is 0 Å². The monoisotopic (exact) mass is 402 g/mol. The molecule has 4 nitrogen and oxygen atoms in total. The molecule has 6 heteroatoms. The molecule has 0 unspecified atom stereocenters. The molecule has 146 valence electrons. The van der Waals surface area contributed by atoms with Crippen LogP contribution >= 0.6 is 11.3 Å². The van der Waals surface area contributed by atoms with Gasteiger partial charge in [-0.2, -0.15) is 0 Å². The zero-order valence-corrected chi connectivity index (χ0v) is 18.9. The summed E-state index contributed by atoms with van der Waals surface area (Å²) in [7, 11) is -1.69. The molecule has 1 aromatic carbocycles. The normalized spacial score (nSPS) is 12.5. The Morgan fingerprint density at radius 1 is 1.30 bits per heavy atom. The van der Waals surface area contributed by atoms with Gasteiger partial charge in [0.2, 0.25) is 5.91 Å². The lowest BCUT2D eigenvalue weighted by atomic mass is 10.1. The molecule has 2 aromatic rings. The van der Waals surface area contributed by atoms with Crippen molar-refractivity contribution in [1.29, 1.82) is 0 Å². The zero-order chi connectivity index (χ0) is 20.1. The molecule has 27 heavy (non-hydrogen) atoms. The Labute approximate surface area is 167 Å². The second kappa shape index (κ2) is 8.95. The SMILES string of the molecule is CC(=O)Nc1nc(C=Cc2cccc(CCO[Si](C)(C)C(C)(C)C)c2)cs1. The molecule has 0 saturated heterocycles. The van der Waals surface area contributed by atoms with Crippen LogP contribution in [0.3, 0.4) is 0 Å². The van der Waals surface area contributed by atoms with E-state index in [0.717, 1.165) is 24.3 Å². The molecule has 1 heterocycles. The Bertz CT molecular complexity index is 807. The summed E-state index contributed by atoms with van der Waals surface area (Å²) in [5.41, 5.74) is 3.25. The average molecular weight is 403 g/mol. The van der Waals surface area contributed by atoms with Gasteiger partial charge in [0.15, 0.2) is 13.4 Å². The summed E-state index contributed by atoms with van der Waals surface area (Å²) in [5, 5.41) is 5.49. The number of aromatic nitrogens is 1. The lowest BCUT2D eigenvalue weighted by Crippen LogP contribution is -2.41. The van der Waals surface area contributed by atoms with Crippen molar-refractivity contribution < 1.29 is 9.22 Å². The zero-order valence-electron chi connectivity index (χ0n) is 17.1. The molecule has 1 aromatic heterocycles. The molecular formula is C21H30N2O2SSi. The number of benzene rings is 1. The maximum atomic E-state index is 11.1. The maximum Gasteiger partial charge on any atom is 0.223 e. The van der Waals surface area contributed by atoms with E-state index in [-0.39, 0.29) is 10.9 Å². The number of carbonyl (C=O) groups is 1. The summed E-state index contributed by atoms with van der Waals surface area (Å²) in [6, 6.07) is 8.48. The van der Waals surface area contributed by atoms with Crippen molar-refractivity contribution >= 4 is 42.8 Å². The molecule has 2 rings (SSSR count). The number of anilines is 1. The molecule has 0 spiro atoms. The van der Waals surface area contributed by atoms with Crippen molar-refractivity contribution in [1.82, 2.24) is 4.98 Å². The second-order valence-electron chi connectivity index (χ2n) is 8.20. The predicted octanol–water partition coefficient (Wildman–Crippen LogP) is 5.84. The van der Waals surface area contributed by atoms with Crippen LogP contribution in [0.4, 0.5) is 5.13 Å². The molecule has 0 aliphatic carbocycles. The van der Waals surface area contributed by atoms with E-state index in [1.165, 1.54) is 23.8 Å². The molecule has 0 aliphatic heterocycles.